The first-order valence-corrected chi connectivity index (χ1v) is 4.28. The van der Waals surface area contributed by atoms with Crippen LogP contribution in [0.5, 0.6) is 0 Å². The Balaban J connectivity index is 3.24. The zero-order valence-corrected chi connectivity index (χ0v) is 8.25. The van der Waals surface area contributed by atoms with Gasteiger partial charge >= 0.3 is 5.97 Å². The van der Waals surface area contributed by atoms with E-state index in [-0.39, 0.29) is 4.47 Å². The molecule has 0 radical (unpaired) electrons. The van der Waals surface area contributed by atoms with Crippen molar-refractivity contribution in [3.8, 4) is 0 Å². The van der Waals surface area contributed by atoms with E-state index in [2.05, 4.69) is 15.9 Å². The molecular weight excluding hydrogens is 262 g/mol. The molecule has 0 fully saturated rings. The van der Waals surface area contributed by atoms with Crippen LogP contribution in [-0.4, -0.2) is 16.2 Å². The van der Waals surface area contributed by atoms with Crippen molar-refractivity contribution in [3.05, 3.63) is 33.8 Å². The molecule has 0 spiro atoms. The van der Waals surface area contributed by atoms with Crippen molar-refractivity contribution in [2.24, 2.45) is 0 Å². The minimum atomic E-state index is -2.06. The number of rotatable bonds is 2. The van der Waals surface area contributed by atoms with E-state index in [4.69, 9.17) is 10.2 Å². The van der Waals surface area contributed by atoms with Gasteiger partial charge in [0, 0.05) is 5.56 Å². The van der Waals surface area contributed by atoms with Crippen molar-refractivity contribution < 1.29 is 23.8 Å². The van der Waals surface area contributed by atoms with Crippen LogP contribution in [0.3, 0.4) is 0 Å². The fourth-order valence-corrected chi connectivity index (χ4v) is 1.19. The second-order valence-electron chi connectivity index (χ2n) is 2.51. The van der Waals surface area contributed by atoms with E-state index in [1.54, 1.807) is 0 Å². The van der Waals surface area contributed by atoms with Gasteiger partial charge in [0.1, 0.15) is 0 Å². The van der Waals surface area contributed by atoms with E-state index >= 15 is 0 Å². The van der Waals surface area contributed by atoms with E-state index in [0.29, 0.717) is 0 Å². The molecule has 2 N–H and O–H groups in total. The molecule has 6 heteroatoms. The normalized spacial score (nSPS) is 12.6. The van der Waals surface area contributed by atoms with E-state index < -0.39 is 29.3 Å². The number of carboxylic acids is 1. The molecule has 14 heavy (non-hydrogen) atoms. The molecule has 0 saturated heterocycles. The number of aliphatic hydroxyl groups excluding tert-OH is 1. The van der Waals surface area contributed by atoms with Crippen LogP contribution in [0.25, 0.3) is 0 Å². The summed E-state index contributed by atoms with van der Waals surface area (Å²) in [5.41, 5.74) is -0.599. The van der Waals surface area contributed by atoms with E-state index in [1.165, 1.54) is 0 Å². The summed E-state index contributed by atoms with van der Waals surface area (Å²) in [6, 6.07) is 2.13. The Bertz CT molecular complexity index is 381. The SMILES string of the molecule is O=C(O)[C@H](O)c1ccc(Br)c(F)c1F. The molecule has 1 aromatic rings. The number of aliphatic carboxylic acids is 1. The lowest BCUT2D eigenvalue weighted by Gasteiger charge is -2.07. The van der Waals surface area contributed by atoms with Crippen molar-refractivity contribution in [1.29, 1.82) is 0 Å². The van der Waals surface area contributed by atoms with E-state index in [9.17, 15) is 13.6 Å². The number of hydrogen-bond donors (Lipinski definition) is 2. The number of halogens is 3. The summed E-state index contributed by atoms with van der Waals surface area (Å²) < 4.78 is 25.8. The maximum absolute atomic E-state index is 13.0. The Hall–Kier alpha value is -1.01. The summed E-state index contributed by atoms with van der Waals surface area (Å²) in [7, 11) is 0. The van der Waals surface area contributed by atoms with Gasteiger partial charge in [0.2, 0.25) is 0 Å². The molecular formula is C8H5BrF2O3. The van der Waals surface area contributed by atoms with Crippen LogP contribution in [0.1, 0.15) is 11.7 Å². The maximum atomic E-state index is 13.0. The summed E-state index contributed by atoms with van der Waals surface area (Å²) in [5, 5.41) is 17.3. The van der Waals surface area contributed by atoms with Crippen LogP contribution < -0.4 is 0 Å². The van der Waals surface area contributed by atoms with Gasteiger partial charge in [-0.25, -0.2) is 13.6 Å². The smallest absolute Gasteiger partial charge is 0.337 e. The minimum Gasteiger partial charge on any atom is -0.479 e. The quantitative estimate of drug-likeness (QED) is 0.804. The lowest BCUT2D eigenvalue weighted by Crippen LogP contribution is -2.13. The van der Waals surface area contributed by atoms with Crippen molar-refractivity contribution in [2.75, 3.05) is 0 Å². The number of carbonyl (C=O) groups is 1. The fourth-order valence-electron chi connectivity index (χ4n) is 0.885. The average Bonchev–Trinajstić information content (AvgIpc) is 2.13. The molecule has 1 aromatic carbocycles. The topological polar surface area (TPSA) is 57.5 Å². The summed E-state index contributed by atoms with van der Waals surface area (Å²) >= 11 is 2.72. The lowest BCUT2D eigenvalue weighted by molar-refractivity contribution is -0.147. The van der Waals surface area contributed by atoms with Crippen LogP contribution in [0.4, 0.5) is 8.78 Å². The molecule has 0 saturated carbocycles. The highest BCUT2D eigenvalue weighted by atomic mass is 79.9. The number of carboxylic acid groups (broad SMARTS) is 1. The molecule has 0 heterocycles. The maximum Gasteiger partial charge on any atom is 0.337 e. The van der Waals surface area contributed by atoms with Gasteiger partial charge in [-0.15, -0.1) is 0 Å². The summed E-state index contributed by atoms with van der Waals surface area (Å²) in [6.45, 7) is 0. The van der Waals surface area contributed by atoms with Gasteiger partial charge < -0.3 is 10.2 Å². The molecule has 76 valence electrons. The minimum absolute atomic E-state index is 0.128. The monoisotopic (exact) mass is 266 g/mol. The van der Waals surface area contributed by atoms with Gasteiger partial charge in [0.25, 0.3) is 0 Å². The Morgan fingerprint density at radius 2 is 1.93 bits per heavy atom. The summed E-state index contributed by atoms with van der Waals surface area (Å²) in [5.74, 6) is -4.22. The summed E-state index contributed by atoms with van der Waals surface area (Å²) in [4.78, 5) is 10.3. The van der Waals surface area contributed by atoms with E-state index in [0.717, 1.165) is 12.1 Å². The molecule has 0 aromatic heterocycles. The van der Waals surface area contributed by atoms with Gasteiger partial charge in [-0.05, 0) is 22.0 Å². The predicted octanol–water partition coefficient (Wildman–Crippen LogP) is 1.85. The number of aliphatic hydroxyl groups is 1. The van der Waals surface area contributed by atoms with Crippen LogP contribution in [0, 0.1) is 11.6 Å². The Morgan fingerprint density at radius 3 is 2.43 bits per heavy atom. The largest absolute Gasteiger partial charge is 0.479 e. The second kappa shape index (κ2) is 4.02. The highest BCUT2D eigenvalue weighted by Gasteiger charge is 2.23. The molecule has 0 aliphatic rings. The van der Waals surface area contributed by atoms with Crippen LogP contribution in [-0.2, 0) is 4.79 Å². The third-order valence-corrected chi connectivity index (χ3v) is 2.21. The van der Waals surface area contributed by atoms with Gasteiger partial charge in [0.05, 0.1) is 4.47 Å². The average molecular weight is 267 g/mol. The standard InChI is InChI=1S/C8H5BrF2O3/c9-4-2-1-3(5(10)6(4)11)7(12)8(13)14/h1-2,7,12H,(H,13,14)/t7-/m1/s1. The Kier molecular flexibility index (Phi) is 3.17. The zero-order chi connectivity index (χ0) is 10.9. The first-order chi connectivity index (χ1) is 6.45. The molecule has 0 aliphatic carbocycles. The molecule has 1 rings (SSSR count). The van der Waals surface area contributed by atoms with Gasteiger partial charge in [0.15, 0.2) is 17.7 Å². The van der Waals surface area contributed by atoms with Crippen LogP contribution >= 0.6 is 15.9 Å². The highest BCUT2D eigenvalue weighted by Crippen LogP contribution is 2.25. The number of benzene rings is 1. The predicted molar refractivity (Wildman–Crippen MR) is 46.7 cm³/mol. The summed E-state index contributed by atoms with van der Waals surface area (Å²) in [6.07, 6.45) is -2.06. The molecule has 0 bridgehead atoms. The highest BCUT2D eigenvalue weighted by molar-refractivity contribution is 9.10. The van der Waals surface area contributed by atoms with Gasteiger partial charge in [-0.1, -0.05) is 6.07 Å². The van der Waals surface area contributed by atoms with Crippen molar-refractivity contribution in [2.45, 2.75) is 6.10 Å². The van der Waals surface area contributed by atoms with Crippen molar-refractivity contribution in [1.82, 2.24) is 0 Å². The number of hydrogen-bond acceptors (Lipinski definition) is 2. The first-order valence-electron chi connectivity index (χ1n) is 3.49. The van der Waals surface area contributed by atoms with Gasteiger partial charge in [-0.3, -0.25) is 0 Å². The second-order valence-corrected chi connectivity index (χ2v) is 3.36. The Morgan fingerprint density at radius 1 is 1.36 bits per heavy atom. The van der Waals surface area contributed by atoms with Crippen LogP contribution in [0.15, 0.2) is 16.6 Å². The molecule has 0 aliphatic heterocycles. The molecule has 1 atom stereocenters. The fraction of sp³-hybridized carbons (Fsp3) is 0.125. The third-order valence-electron chi connectivity index (χ3n) is 1.59. The van der Waals surface area contributed by atoms with Gasteiger partial charge in [-0.2, -0.15) is 0 Å². The lowest BCUT2D eigenvalue weighted by atomic mass is 10.1. The molecule has 0 unspecified atom stereocenters. The molecule has 0 amide bonds. The zero-order valence-electron chi connectivity index (χ0n) is 6.67. The van der Waals surface area contributed by atoms with Crippen LogP contribution in [0.2, 0.25) is 0 Å². The van der Waals surface area contributed by atoms with Crippen molar-refractivity contribution in [3.63, 3.8) is 0 Å². The third kappa shape index (κ3) is 1.91. The first kappa shape index (κ1) is 11.1. The van der Waals surface area contributed by atoms with E-state index in [1.807, 2.05) is 0 Å². The molecule has 3 nitrogen and oxygen atoms in total. The van der Waals surface area contributed by atoms with Crippen molar-refractivity contribution >= 4 is 21.9 Å². The Labute approximate surface area is 86.1 Å².